The first-order chi connectivity index (χ1) is 4.74. The van der Waals surface area contributed by atoms with Gasteiger partial charge in [-0.1, -0.05) is 4.68 Å². The fraction of sp³-hybridized carbons (Fsp3) is 0.400. The minimum absolute atomic E-state index is 0.484. The van der Waals surface area contributed by atoms with E-state index in [1.165, 1.54) is 11.5 Å². The van der Waals surface area contributed by atoms with Gasteiger partial charge in [0.05, 0.1) is 10.2 Å². The molecule has 0 fully saturated rings. The first kappa shape index (κ1) is 7.14. The first-order valence-electron chi connectivity index (χ1n) is 2.74. The molecule has 0 atom stereocenters. The summed E-state index contributed by atoms with van der Waals surface area (Å²) in [6, 6.07) is 0. The number of rotatable bonds is 1. The van der Waals surface area contributed by atoms with Crippen molar-refractivity contribution in [2.24, 2.45) is 12.2 Å². The summed E-state index contributed by atoms with van der Waals surface area (Å²) in [5.41, 5.74) is 0.484. The number of hydrogen-bond donors (Lipinski definition) is 0. The number of hydrogen-bond acceptors (Lipinski definition) is 4. The lowest BCUT2D eigenvalue weighted by Gasteiger charge is -1.93. The Balaban J connectivity index is 2.95. The van der Waals surface area contributed by atoms with Crippen LogP contribution < -0.4 is 4.68 Å². The van der Waals surface area contributed by atoms with Gasteiger partial charge in [-0.3, -0.25) is 0 Å². The highest BCUT2D eigenvalue weighted by Crippen LogP contribution is 2.01. The molecule has 0 aliphatic carbocycles. The Kier molecular flexibility index (Phi) is 1.96. The molecular formula is C5H7N3OS. The van der Waals surface area contributed by atoms with Crippen molar-refractivity contribution in [3.05, 3.63) is 16.3 Å². The molecule has 1 aromatic rings. The van der Waals surface area contributed by atoms with Gasteiger partial charge < -0.3 is 10.4 Å². The van der Waals surface area contributed by atoms with Crippen molar-refractivity contribution in [3.63, 3.8) is 0 Å². The highest BCUT2D eigenvalue weighted by Gasteiger charge is 2.05. The van der Waals surface area contributed by atoms with Gasteiger partial charge in [0.15, 0.2) is 7.05 Å². The molecule has 1 rings (SSSR count). The summed E-state index contributed by atoms with van der Waals surface area (Å²) >= 11 is 1.26. The monoisotopic (exact) mass is 157 g/mol. The molecule has 54 valence electrons. The zero-order chi connectivity index (χ0) is 7.56. The SMILES string of the molecule is C/C(=N\[O-])c1c[n+](C)ns1. The van der Waals surface area contributed by atoms with Crippen molar-refractivity contribution in [2.45, 2.75) is 6.92 Å². The van der Waals surface area contributed by atoms with Gasteiger partial charge in [-0.05, 0) is 6.92 Å². The van der Waals surface area contributed by atoms with Crippen LogP contribution in [0, 0.1) is 5.21 Å². The highest BCUT2D eigenvalue weighted by molar-refractivity contribution is 7.07. The summed E-state index contributed by atoms with van der Waals surface area (Å²) in [5.74, 6) is 0. The average Bonchev–Trinajstić information content (AvgIpc) is 2.34. The lowest BCUT2D eigenvalue weighted by atomic mass is 10.4. The molecule has 5 heteroatoms. The van der Waals surface area contributed by atoms with Crippen LogP contribution in [0.2, 0.25) is 0 Å². The van der Waals surface area contributed by atoms with E-state index in [-0.39, 0.29) is 0 Å². The largest absolute Gasteiger partial charge is 0.792 e. The lowest BCUT2D eigenvalue weighted by molar-refractivity contribution is -0.722. The van der Waals surface area contributed by atoms with E-state index in [1.54, 1.807) is 24.9 Å². The summed E-state index contributed by atoms with van der Waals surface area (Å²) < 4.78 is 5.57. The molecule has 0 saturated carbocycles. The molecule has 0 N–H and O–H groups in total. The van der Waals surface area contributed by atoms with E-state index in [1.807, 2.05) is 0 Å². The Morgan fingerprint density at radius 2 is 2.60 bits per heavy atom. The van der Waals surface area contributed by atoms with Crippen molar-refractivity contribution in [1.82, 2.24) is 4.49 Å². The van der Waals surface area contributed by atoms with Gasteiger partial charge in [0.2, 0.25) is 6.20 Å². The molecule has 0 aromatic carbocycles. The maximum atomic E-state index is 10.00. The molecule has 0 unspecified atom stereocenters. The van der Waals surface area contributed by atoms with Gasteiger partial charge in [0, 0.05) is 11.5 Å². The Bertz CT molecular complexity index is 255. The molecule has 0 saturated heterocycles. The van der Waals surface area contributed by atoms with Crippen LogP contribution in [-0.2, 0) is 7.05 Å². The van der Waals surface area contributed by atoms with Gasteiger partial charge >= 0.3 is 0 Å². The normalized spacial score (nSPS) is 12.0. The summed E-state index contributed by atoms with van der Waals surface area (Å²) in [6.45, 7) is 1.67. The smallest absolute Gasteiger partial charge is 0.217 e. The zero-order valence-corrected chi connectivity index (χ0v) is 6.55. The van der Waals surface area contributed by atoms with Crippen molar-refractivity contribution >= 4 is 17.2 Å². The molecule has 0 aliphatic rings. The molecule has 0 amide bonds. The van der Waals surface area contributed by atoms with Crippen LogP contribution in [0.25, 0.3) is 0 Å². The summed E-state index contributed by atoms with van der Waals surface area (Å²) in [5, 5.41) is 12.8. The fourth-order valence-corrected chi connectivity index (χ4v) is 1.16. The third kappa shape index (κ3) is 1.30. The van der Waals surface area contributed by atoms with Crippen LogP contribution in [0.15, 0.2) is 11.4 Å². The van der Waals surface area contributed by atoms with Crippen LogP contribution in [0.5, 0.6) is 0 Å². The molecule has 0 radical (unpaired) electrons. The third-order valence-electron chi connectivity index (χ3n) is 1.07. The topological polar surface area (TPSA) is 52.2 Å². The van der Waals surface area contributed by atoms with Crippen molar-refractivity contribution in [2.75, 3.05) is 0 Å². The van der Waals surface area contributed by atoms with Crippen LogP contribution in [0.1, 0.15) is 11.8 Å². The predicted molar refractivity (Wildman–Crippen MR) is 38.9 cm³/mol. The number of aromatic nitrogens is 2. The van der Waals surface area contributed by atoms with E-state index in [2.05, 4.69) is 9.64 Å². The van der Waals surface area contributed by atoms with Crippen LogP contribution in [-0.4, -0.2) is 10.2 Å². The predicted octanol–water partition coefficient (Wildman–Crippen LogP) is 0.274. The fourth-order valence-electron chi connectivity index (χ4n) is 0.530. The minimum atomic E-state index is 0.484. The van der Waals surface area contributed by atoms with E-state index < -0.39 is 0 Å². The Morgan fingerprint density at radius 3 is 3.00 bits per heavy atom. The quantitative estimate of drug-likeness (QED) is 0.334. The zero-order valence-electron chi connectivity index (χ0n) is 5.74. The summed E-state index contributed by atoms with van der Waals surface area (Å²) in [7, 11) is 1.80. The van der Waals surface area contributed by atoms with E-state index in [0.717, 1.165) is 4.88 Å². The highest BCUT2D eigenvalue weighted by atomic mass is 32.1. The third-order valence-corrected chi connectivity index (χ3v) is 2.00. The van der Waals surface area contributed by atoms with Gasteiger partial charge in [-0.2, -0.15) is 0 Å². The molecule has 0 bridgehead atoms. The molecule has 1 heterocycles. The Hall–Kier alpha value is -0.970. The van der Waals surface area contributed by atoms with Crippen LogP contribution >= 0.6 is 11.5 Å². The summed E-state index contributed by atoms with van der Waals surface area (Å²) in [6.07, 6.45) is 1.77. The number of aryl methyl sites for hydroxylation is 1. The van der Waals surface area contributed by atoms with Gasteiger partial charge in [-0.25, -0.2) is 0 Å². The van der Waals surface area contributed by atoms with Gasteiger partial charge in [0.25, 0.3) is 0 Å². The minimum Gasteiger partial charge on any atom is -0.792 e. The number of nitrogens with zero attached hydrogens (tertiary/aromatic N) is 3. The molecule has 0 spiro atoms. The molecule has 10 heavy (non-hydrogen) atoms. The van der Waals surface area contributed by atoms with Crippen LogP contribution in [0.4, 0.5) is 0 Å². The Labute approximate surface area is 62.6 Å². The average molecular weight is 157 g/mol. The first-order valence-corrected chi connectivity index (χ1v) is 3.51. The van der Waals surface area contributed by atoms with Crippen molar-refractivity contribution in [1.29, 1.82) is 0 Å². The molecule has 4 nitrogen and oxygen atoms in total. The van der Waals surface area contributed by atoms with E-state index in [9.17, 15) is 5.21 Å². The van der Waals surface area contributed by atoms with Gasteiger partial charge in [-0.15, -0.1) is 0 Å². The molecule has 0 aliphatic heterocycles. The maximum absolute atomic E-state index is 10.00. The second-order valence-electron chi connectivity index (χ2n) is 1.92. The van der Waals surface area contributed by atoms with Crippen LogP contribution in [0.3, 0.4) is 0 Å². The van der Waals surface area contributed by atoms with Gasteiger partial charge in [0.1, 0.15) is 4.88 Å². The van der Waals surface area contributed by atoms with E-state index in [4.69, 9.17) is 0 Å². The molecular weight excluding hydrogens is 150 g/mol. The van der Waals surface area contributed by atoms with E-state index in [0.29, 0.717) is 5.71 Å². The maximum Gasteiger partial charge on any atom is 0.217 e. The lowest BCUT2D eigenvalue weighted by Crippen LogP contribution is -2.27. The Morgan fingerprint density at radius 1 is 1.90 bits per heavy atom. The van der Waals surface area contributed by atoms with E-state index >= 15 is 0 Å². The molecule has 1 aromatic heterocycles. The van der Waals surface area contributed by atoms with Crippen molar-refractivity contribution in [3.8, 4) is 0 Å². The second kappa shape index (κ2) is 2.74. The second-order valence-corrected chi connectivity index (χ2v) is 2.70. The standard InChI is InChI=1S/C5H7N3OS/c1-4(6-9)5-3-8(2)7-10-5/h3H,1-2H3/b6-4+. The summed E-state index contributed by atoms with van der Waals surface area (Å²) in [4.78, 5) is 0.817. The van der Waals surface area contributed by atoms with Crippen molar-refractivity contribution < 1.29 is 4.68 Å².